The summed E-state index contributed by atoms with van der Waals surface area (Å²) >= 11 is 7.69. The minimum atomic E-state index is -0.0465. The molecule has 2 atom stereocenters. The van der Waals surface area contributed by atoms with Crippen molar-refractivity contribution in [3.8, 4) is 0 Å². The van der Waals surface area contributed by atoms with Gasteiger partial charge >= 0.3 is 0 Å². The minimum Gasteiger partial charge on any atom is -0.333 e. The molecule has 0 aliphatic carbocycles. The second-order valence-corrected chi connectivity index (χ2v) is 7.98. The van der Waals surface area contributed by atoms with Gasteiger partial charge in [-0.1, -0.05) is 35.9 Å². The molecule has 3 aromatic rings. The standard InChI is InChI=1S/C20H22ClN3OS/c1-13(15-7-6-8-16(21)11-15)22-12-19(25)24(3)14(2)20-23-17-9-4-5-10-18(17)26-20/h4-11,13-14,22H,12H2,1-3H3/p+1/t13-,14+/m1/s1. The third-order valence-electron chi connectivity index (χ3n) is 4.66. The van der Waals surface area contributed by atoms with E-state index in [-0.39, 0.29) is 18.0 Å². The molecule has 136 valence electrons. The van der Waals surface area contributed by atoms with Crippen LogP contribution in [0, 0.1) is 0 Å². The van der Waals surface area contributed by atoms with Gasteiger partial charge in [-0.2, -0.15) is 0 Å². The molecule has 0 aliphatic rings. The van der Waals surface area contributed by atoms with E-state index in [9.17, 15) is 4.79 Å². The highest BCUT2D eigenvalue weighted by molar-refractivity contribution is 7.18. The highest BCUT2D eigenvalue weighted by Gasteiger charge is 2.22. The number of nitrogens with two attached hydrogens (primary N) is 1. The highest BCUT2D eigenvalue weighted by Crippen LogP contribution is 2.28. The van der Waals surface area contributed by atoms with Crippen LogP contribution in [0.25, 0.3) is 10.2 Å². The maximum absolute atomic E-state index is 12.6. The maximum atomic E-state index is 12.6. The average Bonchev–Trinajstić information content (AvgIpc) is 3.08. The van der Waals surface area contributed by atoms with Gasteiger partial charge in [-0.15, -0.1) is 11.3 Å². The summed E-state index contributed by atoms with van der Waals surface area (Å²) in [6.07, 6.45) is 0. The summed E-state index contributed by atoms with van der Waals surface area (Å²) in [5, 5.41) is 3.72. The Labute approximate surface area is 162 Å². The Kier molecular flexibility index (Phi) is 5.91. The topological polar surface area (TPSA) is 49.8 Å². The molecule has 2 aromatic carbocycles. The normalized spacial score (nSPS) is 13.5. The van der Waals surface area contributed by atoms with Crippen LogP contribution in [0.5, 0.6) is 0 Å². The average molecular weight is 389 g/mol. The number of likely N-dealkylation sites (N-methyl/N-ethyl adjacent to an activating group) is 1. The molecule has 0 fully saturated rings. The van der Waals surface area contributed by atoms with Crippen molar-refractivity contribution in [2.24, 2.45) is 0 Å². The molecule has 0 spiro atoms. The number of thiazole rings is 1. The summed E-state index contributed by atoms with van der Waals surface area (Å²) in [4.78, 5) is 19.1. The first-order valence-electron chi connectivity index (χ1n) is 8.65. The van der Waals surface area contributed by atoms with E-state index < -0.39 is 0 Å². The van der Waals surface area contributed by atoms with Crippen LogP contribution in [0.2, 0.25) is 5.02 Å². The third-order valence-corrected chi connectivity index (χ3v) is 6.10. The lowest BCUT2D eigenvalue weighted by Gasteiger charge is -2.23. The first-order chi connectivity index (χ1) is 12.5. The lowest BCUT2D eigenvalue weighted by atomic mass is 10.1. The Hall–Kier alpha value is -1.95. The molecule has 6 heteroatoms. The van der Waals surface area contributed by atoms with Gasteiger partial charge in [-0.25, -0.2) is 4.98 Å². The lowest BCUT2D eigenvalue weighted by Crippen LogP contribution is -2.87. The lowest BCUT2D eigenvalue weighted by molar-refractivity contribution is -0.683. The number of rotatable bonds is 6. The van der Waals surface area contributed by atoms with Gasteiger partial charge in [0.25, 0.3) is 5.91 Å². The molecule has 0 saturated heterocycles. The zero-order valence-corrected chi connectivity index (χ0v) is 16.7. The monoisotopic (exact) mass is 388 g/mol. The van der Waals surface area contributed by atoms with Crippen LogP contribution in [0.4, 0.5) is 0 Å². The summed E-state index contributed by atoms with van der Waals surface area (Å²) in [5.74, 6) is 0.0886. The van der Waals surface area contributed by atoms with Gasteiger partial charge < -0.3 is 10.2 Å². The zero-order chi connectivity index (χ0) is 18.7. The number of hydrogen-bond acceptors (Lipinski definition) is 3. The number of carbonyl (C=O) groups excluding carboxylic acids is 1. The molecular formula is C20H23ClN3OS+. The molecule has 0 aliphatic heterocycles. The van der Waals surface area contributed by atoms with E-state index in [1.54, 1.807) is 16.2 Å². The van der Waals surface area contributed by atoms with Crippen molar-refractivity contribution in [1.29, 1.82) is 0 Å². The predicted octanol–water partition coefficient (Wildman–Crippen LogP) is 3.79. The number of halogens is 1. The number of para-hydroxylation sites is 1. The second-order valence-electron chi connectivity index (χ2n) is 6.48. The summed E-state index contributed by atoms with van der Waals surface area (Å²) in [6, 6.07) is 16.0. The van der Waals surface area contributed by atoms with Crippen LogP contribution in [0.3, 0.4) is 0 Å². The van der Waals surface area contributed by atoms with Crippen LogP contribution < -0.4 is 5.32 Å². The molecule has 0 radical (unpaired) electrons. The van der Waals surface area contributed by atoms with Crippen molar-refractivity contribution in [2.45, 2.75) is 25.9 Å². The van der Waals surface area contributed by atoms with Gasteiger partial charge in [0.15, 0.2) is 6.54 Å². The largest absolute Gasteiger partial charge is 0.333 e. The van der Waals surface area contributed by atoms with E-state index in [0.29, 0.717) is 6.54 Å². The SMILES string of the molecule is C[C@@H]([NH2+]CC(=O)N(C)[C@@H](C)c1nc2ccccc2s1)c1cccc(Cl)c1. The van der Waals surface area contributed by atoms with Gasteiger partial charge in [0, 0.05) is 17.6 Å². The van der Waals surface area contributed by atoms with Gasteiger partial charge in [0.1, 0.15) is 11.0 Å². The Morgan fingerprint density at radius 2 is 2.00 bits per heavy atom. The van der Waals surface area contributed by atoms with Gasteiger partial charge in [0.2, 0.25) is 0 Å². The predicted molar refractivity (Wildman–Crippen MR) is 107 cm³/mol. The van der Waals surface area contributed by atoms with E-state index in [1.165, 1.54) is 0 Å². The minimum absolute atomic E-state index is 0.0465. The number of nitrogens with zero attached hydrogens (tertiary/aromatic N) is 2. The van der Waals surface area contributed by atoms with Crippen molar-refractivity contribution in [3.63, 3.8) is 0 Å². The van der Waals surface area contributed by atoms with Gasteiger partial charge in [-0.05, 0) is 38.1 Å². The van der Waals surface area contributed by atoms with E-state index in [4.69, 9.17) is 11.6 Å². The number of aromatic nitrogens is 1. The molecule has 0 bridgehead atoms. The molecule has 0 unspecified atom stereocenters. The number of benzene rings is 2. The summed E-state index contributed by atoms with van der Waals surface area (Å²) in [5.41, 5.74) is 2.11. The molecule has 1 aromatic heterocycles. The number of amides is 1. The summed E-state index contributed by atoms with van der Waals surface area (Å²) < 4.78 is 1.15. The molecule has 4 nitrogen and oxygen atoms in total. The Morgan fingerprint density at radius 1 is 1.23 bits per heavy atom. The zero-order valence-electron chi connectivity index (χ0n) is 15.1. The number of quaternary nitrogens is 1. The van der Waals surface area contributed by atoms with Crippen molar-refractivity contribution < 1.29 is 10.1 Å². The van der Waals surface area contributed by atoms with E-state index in [1.807, 2.05) is 61.8 Å². The summed E-state index contributed by atoms with van der Waals surface area (Å²) in [6.45, 7) is 4.49. The van der Waals surface area contributed by atoms with Crippen molar-refractivity contribution in [3.05, 3.63) is 64.1 Å². The Morgan fingerprint density at radius 3 is 2.73 bits per heavy atom. The third kappa shape index (κ3) is 4.23. The molecule has 0 saturated carbocycles. The van der Waals surface area contributed by atoms with Gasteiger partial charge in [0.05, 0.1) is 16.3 Å². The van der Waals surface area contributed by atoms with Crippen LogP contribution in [0.1, 0.15) is 36.5 Å². The van der Waals surface area contributed by atoms with Crippen LogP contribution >= 0.6 is 22.9 Å². The first-order valence-corrected chi connectivity index (χ1v) is 9.85. The fourth-order valence-corrected chi connectivity index (χ4v) is 4.06. The fraction of sp³-hybridized carbons (Fsp3) is 0.300. The highest BCUT2D eigenvalue weighted by atomic mass is 35.5. The quantitative estimate of drug-likeness (QED) is 0.698. The second kappa shape index (κ2) is 8.16. The molecule has 1 heterocycles. The molecule has 1 amide bonds. The Bertz CT molecular complexity index is 878. The number of carbonyl (C=O) groups is 1. The van der Waals surface area contributed by atoms with Crippen LogP contribution in [-0.2, 0) is 4.79 Å². The number of fused-ring (bicyclic) bond motifs is 1. The van der Waals surface area contributed by atoms with Gasteiger partial charge in [-0.3, -0.25) is 4.79 Å². The molecular weight excluding hydrogens is 366 g/mol. The van der Waals surface area contributed by atoms with Crippen molar-refractivity contribution >= 4 is 39.1 Å². The molecule has 2 N–H and O–H groups in total. The van der Waals surface area contributed by atoms with Crippen LogP contribution in [0.15, 0.2) is 48.5 Å². The molecule has 26 heavy (non-hydrogen) atoms. The molecule has 3 rings (SSSR count). The van der Waals surface area contributed by atoms with E-state index in [0.717, 1.165) is 25.8 Å². The van der Waals surface area contributed by atoms with Crippen molar-refractivity contribution in [2.75, 3.05) is 13.6 Å². The fourth-order valence-electron chi connectivity index (χ4n) is 2.80. The first kappa shape index (κ1) is 18.8. The van der Waals surface area contributed by atoms with E-state index >= 15 is 0 Å². The maximum Gasteiger partial charge on any atom is 0.278 e. The Balaban J connectivity index is 1.61. The number of hydrogen-bond donors (Lipinski definition) is 1. The smallest absolute Gasteiger partial charge is 0.278 e. The van der Waals surface area contributed by atoms with Crippen molar-refractivity contribution in [1.82, 2.24) is 9.88 Å². The van der Waals surface area contributed by atoms with E-state index in [2.05, 4.69) is 18.0 Å². The van der Waals surface area contributed by atoms with Crippen LogP contribution in [-0.4, -0.2) is 29.4 Å². The summed E-state index contributed by atoms with van der Waals surface area (Å²) in [7, 11) is 1.84.